The topological polar surface area (TPSA) is 40.5 Å². The number of amides is 1. The Kier molecular flexibility index (Phi) is 12.0. The molecule has 3 nitrogen and oxygen atoms in total. The highest BCUT2D eigenvalue weighted by atomic mass is 35.5. The molecule has 1 aromatic rings. The maximum atomic E-state index is 13.3. The van der Waals surface area contributed by atoms with Gasteiger partial charge in [0, 0.05) is 34.5 Å². The van der Waals surface area contributed by atoms with Crippen molar-refractivity contribution in [1.29, 1.82) is 0 Å². The van der Waals surface area contributed by atoms with Crippen LogP contribution in [0.1, 0.15) is 66.9 Å². The zero-order valence-corrected chi connectivity index (χ0v) is 21.7. The first-order valence-corrected chi connectivity index (χ1v) is 12.2. The van der Waals surface area contributed by atoms with Crippen LogP contribution in [0.4, 0.5) is 0 Å². The van der Waals surface area contributed by atoms with E-state index in [0.29, 0.717) is 34.2 Å². The van der Waals surface area contributed by atoms with E-state index in [1.54, 1.807) is 13.0 Å². The van der Waals surface area contributed by atoms with E-state index in [9.17, 15) is 9.90 Å². The Morgan fingerprint density at radius 2 is 1.58 bits per heavy atom. The van der Waals surface area contributed by atoms with Crippen LogP contribution in [0.5, 0.6) is 0 Å². The number of aliphatic hydroxyl groups excluding tert-OH is 1. The van der Waals surface area contributed by atoms with Crippen LogP contribution in [0.25, 0.3) is 6.08 Å². The lowest BCUT2D eigenvalue weighted by Crippen LogP contribution is -2.48. The summed E-state index contributed by atoms with van der Waals surface area (Å²) in [5.74, 6) is 1.29. The summed E-state index contributed by atoms with van der Waals surface area (Å²) in [6.07, 6.45) is 4.69. The minimum atomic E-state index is -0.671. The number of benzene rings is 1. The van der Waals surface area contributed by atoms with Gasteiger partial charge in [0.05, 0.1) is 6.10 Å². The SMILES string of the molecule is CC(C)CC(C)CN(C(=O)C=Cc1ccc(Cl)cc1)C(C)C(CC(C)C)C(=S)C(C)O. The zero-order valence-electron chi connectivity index (χ0n) is 20.1. The van der Waals surface area contributed by atoms with Crippen LogP contribution in [0.2, 0.25) is 5.02 Å². The van der Waals surface area contributed by atoms with Crippen LogP contribution >= 0.6 is 23.8 Å². The summed E-state index contributed by atoms with van der Waals surface area (Å²) >= 11 is 11.6. The number of nitrogens with zero attached hydrogens (tertiary/aromatic N) is 1. The second-order valence-corrected chi connectivity index (χ2v) is 10.6. The Hall–Kier alpha value is -1.23. The number of carbonyl (C=O) groups excluding carboxylic acids is 1. The van der Waals surface area contributed by atoms with Crippen LogP contribution in [0, 0.1) is 23.7 Å². The number of carbonyl (C=O) groups is 1. The number of hydrogen-bond donors (Lipinski definition) is 1. The lowest BCUT2D eigenvalue weighted by Gasteiger charge is -2.38. The molecule has 0 fully saturated rings. The second kappa shape index (κ2) is 13.3. The van der Waals surface area contributed by atoms with Crippen LogP contribution in [-0.4, -0.2) is 39.5 Å². The molecule has 4 unspecified atom stereocenters. The molecule has 1 amide bonds. The van der Waals surface area contributed by atoms with Crippen LogP contribution in [0.15, 0.2) is 30.3 Å². The summed E-state index contributed by atoms with van der Waals surface area (Å²) in [7, 11) is 0. The highest BCUT2D eigenvalue weighted by Crippen LogP contribution is 2.26. The van der Waals surface area contributed by atoms with Crippen LogP contribution < -0.4 is 0 Å². The first kappa shape index (κ1) is 27.8. The Labute approximate surface area is 199 Å². The fourth-order valence-electron chi connectivity index (χ4n) is 4.09. The molecule has 0 saturated carbocycles. The molecule has 1 rings (SSSR count). The highest BCUT2D eigenvalue weighted by molar-refractivity contribution is 7.80. The van der Waals surface area contributed by atoms with E-state index in [0.717, 1.165) is 18.4 Å². The molecule has 4 atom stereocenters. The molecular weight excluding hydrogens is 426 g/mol. The van der Waals surface area contributed by atoms with E-state index >= 15 is 0 Å². The predicted molar refractivity (Wildman–Crippen MR) is 138 cm³/mol. The smallest absolute Gasteiger partial charge is 0.246 e. The fraction of sp³-hybridized carbons (Fsp3) is 0.615. The molecule has 1 aromatic carbocycles. The lowest BCUT2D eigenvalue weighted by atomic mass is 9.85. The molecule has 0 aromatic heterocycles. The van der Waals surface area contributed by atoms with Crippen molar-refractivity contribution in [3.05, 3.63) is 40.9 Å². The first-order chi connectivity index (χ1) is 14.4. The molecule has 174 valence electrons. The average Bonchev–Trinajstić information content (AvgIpc) is 2.67. The summed E-state index contributed by atoms with van der Waals surface area (Å²) in [6, 6.07) is 7.32. The Morgan fingerprint density at radius 1 is 1.03 bits per heavy atom. The number of hydrogen-bond acceptors (Lipinski definition) is 3. The van der Waals surface area contributed by atoms with Crippen molar-refractivity contribution >= 4 is 40.7 Å². The Bertz CT molecular complexity index is 727. The number of thiocarbonyl (C=S) groups is 1. The van der Waals surface area contributed by atoms with Crippen molar-refractivity contribution < 1.29 is 9.90 Å². The summed E-state index contributed by atoms with van der Waals surface area (Å²) < 4.78 is 0. The lowest BCUT2D eigenvalue weighted by molar-refractivity contribution is -0.129. The molecule has 0 aliphatic carbocycles. The van der Waals surface area contributed by atoms with Gasteiger partial charge in [-0.05, 0) is 68.2 Å². The molecule has 0 radical (unpaired) electrons. The molecular formula is C26H40ClNO2S. The number of halogens is 1. The van der Waals surface area contributed by atoms with Gasteiger partial charge in [-0.1, -0.05) is 70.6 Å². The van der Waals surface area contributed by atoms with Crippen molar-refractivity contribution in [2.75, 3.05) is 6.54 Å². The van der Waals surface area contributed by atoms with Gasteiger partial charge in [0.1, 0.15) is 0 Å². The van der Waals surface area contributed by atoms with Gasteiger partial charge in [0.2, 0.25) is 5.91 Å². The maximum Gasteiger partial charge on any atom is 0.246 e. The summed E-state index contributed by atoms with van der Waals surface area (Å²) in [6.45, 7) is 15.4. The largest absolute Gasteiger partial charge is 0.388 e. The third kappa shape index (κ3) is 9.84. The fourth-order valence-corrected chi connectivity index (χ4v) is 4.51. The van der Waals surface area contributed by atoms with Gasteiger partial charge in [-0.25, -0.2) is 0 Å². The number of aliphatic hydroxyl groups is 1. The van der Waals surface area contributed by atoms with Gasteiger partial charge in [0.15, 0.2) is 0 Å². The molecule has 0 heterocycles. The van der Waals surface area contributed by atoms with Crippen molar-refractivity contribution in [2.24, 2.45) is 23.7 Å². The summed E-state index contributed by atoms with van der Waals surface area (Å²) in [5.41, 5.74) is 0.929. The first-order valence-electron chi connectivity index (χ1n) is 11.4. The molecule has 0 saturated heterocycles. The molecule has 0 bridgehead atoms. The van der Waals surface area contributed by atoms with Gasteiger partial charge in [-0.2, -0.15) is 0 Å². The molecule has 0 spiro atoms. The maximum absolute atomic E-state index is 13.3. The van der Waals surface area contributed by atoms with Crippen molar-refractivity contribution in [3.8, 4) is 0 Å². The third-order valence-electron chi connectivity index (χ3n) is 5.53. The molecule has 0 aliphatic heterocycles. The van der Waals surface area contributed by atoms with E-state index < -0.39 is 6.10 Å². The molecule has 5 heteroatoms. The van der Waals surface area contributed by atoms with Crippen molar-refractivity contribution in [1.82, 2.24) is 4.90 Å². The Balaban J connectivity index is 3.18. The van der Waals surface area contributed by atoms with Gasteiger partial charge in [0.25, 0.3) is 0 Å². The van der Waals surface area contributed by atoms with Gasteiger partial charge >= 0.3 is 0 Å². The summed E-state index contributed by atoms with van der Waals surface area (Å²) in [4.78, 5) is 15.9. The normalized spacial score (nSPS) is 15.8. The average molecular weight is 466 g/mol. The standard InChI is InChI=1S/C26H40ClNO2S/c1-17(2)14-19(5)16-28(20(6)24(15-18(3)4)26(31)21(7)29)25(30)13-10-22-8-11-23(27)12-9-22/h8-13,17-21,24,29H,14-16H2,1-7H3. The predicted octanol–water partition coefficient (Wildman–Crippen LogP) is 6.67. The van der Waals surface area contributed by atoms with E-state index in [1.165, 1.54) is 0 Å². The van der Waals surface area contributed by atoms with Gasteiger partial charge in [-0.3, -0.25) is 4.79 Å². The Morgan fingerprint density at radius 3 is 2.06 bits per heavy atom. The number of rotatable bonds is 12. The van der Waals surface area contributed by atoms with Crippen molar-refractivity contribution in [3.63, 3.8) is 0 Å². The quantitative estimate of drug-likeness (QED) is 0.277. The molecule has 0 aliphatic rings. The van der Waals surface area contributed by atoms with Crippen molar-refractivity contribution in [2.45, 2.75) is 73.5 Å². The van der Waals surface area contributed by atoms with Gasteiger partial charge < -0.3 is 10.0 Å². The van der Waals surface area contributed by atoms with E-state index in [2.05, 4.69) is 41.5 Å². The minimum Gasteiger partial charge on any atom is -0.388 e. The second-order valence-electron chi connectivity index (χ2n) is 9.67. The van der Waals surface area contributed by atoms with E-state index in [-0.39, 0.29) is 17.9 Å². The van der Waals surface area contributed by atoms with E-state index in [4.69, 9.17) is 23.8 Å². The summed E-state index contributed by atoms with van der Waals surface area (Å²) in [5, 5.41) is 10.9. The van der Waals surface area contributed by atoms with Crippen LogP contribution in [0.3, 0.4) is 0 Å². The molecule has 31 heavy (non-hydrogen) atoms. The third-order valence-corrected chi connectivity index (χ3v) is 6.43. The van der Waals surface area contributed by atoms with Gasteiger partial charge in [-0.15, -0.1) is 0 Å². The monoisotopic (exact) mass is 465 g/mol. The zero-order chi connectivity index (χ0) is 23.7. The minimum absolute atomic E-state index is 0.0276. The molecule has 1 N–H and O–H groups in total. The van der Waals surface area contributed by atoms with E-state index in [1.807, 2.05) is 35.2 Å². The highest BCUT2D eigenvalue weighted by Gasteiger charge is 2.32. The van der Waals surface area contributed by atoms with Crippen LogP contribution in [-0.2, 0) is 4.79 Å².